The first-order chi connectivity index (χ1) is 9.86. The van der Waals surface area contributed by atoms with Crippen LogP contribution in [-0.4, -0.2) is 7.05 Å². The lowest BCUT2D eigenvalue weighted by Gasteiger charge is -2.23. The van der Waals surface area contributed by atoms with Crippen molar-refractivity contribution in [3.05, 3.63) is 34.9 Å². The summed E-state index contributed by atoms with van der Waals surface area (Å²) in [5.41, 5.74) is 4.21. The Hall–Kier alpha value is -0.860. The monoisotopic (exact) mass is 273 g/mol. The van der Waals surface area contributed by atoms with E-state index in [1.807, 2.05) is 0 Å². The molecule has 2 nitrogen and oxygen atoms in total. The van der Waals surface area contributed by atoms with Gasteiger partial charge in [0.25, 0.3) is 0 Å². The molecule has 110 valence electrons. The van der Waals surface area contributed by atoms with E-state index in [0.717, 1.165) is 19.1 Å². The van der Waals surface area contributed by atoms with E-state index in [4.69, 9.17) is 4.74 Å². The molecule has 1 N–H and O–H groups in total. The van der Waals surface area contributed by atoms with E-state index in [1.165, 1.54) is 61.6 Å². The molecule has 0 amide bonds. The van der Waals surface area contributed by atoms with Crippen molar-refractivity contribution >= 4 is 0 Å². The maximum atomic E-state index is 5.53. The standard InChI is InChI=1S/C18H27NO/c1-19-18(10-14-6-4-2-3-5-7-14)15-8-9-16-12-20-13-17(16)11-15/h8-9,11,14,18-19H,2-7,10,12-13H2,1H3. The van der Waals surface area contributed by atoms with Crippen LogP contribution < -0.4 is 5.32 Å². The Kier molecular flexibility index (Phi) is 4.74. The van der Waals surface area contributed by atoms with Gasteiger partial charge in [0.05, 0.1) is 13.2 Å². The van der Waals surface area contributed by atoms with Crippen molar-refractivity contribution in [2.75, 3.05) is 7.05 Å². The van der Waals surface area contributed by atoms with Gasteiger partial charge < -0.3 is 10.1 Å². The zero-order valence-corrected chi connectivity index (χ0v) is 12.7. The maximum absolute atomic E-state index is 5.53. The van der Waals surface area contributed by atoms with Gasteiger partial charge in [-0.15, -0.1) is 0 Å². The lowest BCUT2D eigenvalue weighted by molar-refractivity contribution is 0.134. The van der Waals surface area contributed by atoms with Crippen molar-refractivity contribution < 1.29 is 4.74 Å². The van der Waals surface area contributed by atoms with Crippen LogP contribution in [-0.2, 0) is 18.0 Å². The van der Waals surface area contributed by atoms with Crippen LogP contribution in [0.5, 0.6) is 0 Å². The van der Waals surface area contributed by atoms with Crippen LogP contribution in [0.15, 0.2) is 18.2 Å². The van der Waals surface area contributed by atoms with Gasteiger partial charge in [-0.1, -0.05) is 56.7 Å². The maximum Gasteiger partial charge on any atom is 0.0725 e. The lowest BCUT2D eigenvalue weighted by Crippen LogP contribution is -2.20. The Morgan fingerprint density at radius 2 is 1.85 bits per heavy atom. The highest BCUT2D eigenvalue weighted by molar-refractivity contribution is 5.34. The van der Waals surface area contributed by atoms with Gasteiger partial charge in [0.15, 0.2) is 0 Å². The van der Waals surface area contributed by atoms with E-state index >= 15 is 0 Å². The van der Waals surface area contributed by atoms with Crippen LogP contribution in [0.3, 0.4) is 0 Å². The summed E-state index contributed by atoms with van der Waals surface area (Å²) in [5, 5.41) is 3.54. The first-order valence-corrected chi connectivity index (χ1v) is 8.23. The molecular formula is C18H27NO. The fraction of sp³-hybridized carbons (Fsp3) is 0.667. The molecule has 1 heterocycles. The summed E-state index contributed by atoms with van der Waals surface area (Å²) in [6.45, 7) is 1.59. The van der Waals surface area contributed by atoms with Crippen molar-refractivity contribution in [2.45, 2.75) is 64.2 Å². The molecule has 1 saturated carbocycles. The van der Waals surface area contributed by atoms with Crippen molar-refractivity contribution in [3.63, 3.8) is 0 Å². The normalized spacial score (nSPS) is 21.4. The molecule has 0 spiro atoms. The van der Waals surface area contributed by atoms with Crippen LogP contribution in [0.25, 0.3) is 0 Å². The van der Waals surface area contributed by atoms with Crippen molar-refractivity contribution in [1.29, 1.82) is 0 Å². The second-order valence-electron chi connectivity index (χ2n) is 6.46. The highest BCUT2D eigenvalue weighted by Crippen LogP contribution is 2.32. The predicted molar refractivity (Wildman–Crippen MR) is 82.5 cm³/mol. The molecule has 0 bridgehead atoms. The molecular weight excluding hydrogens is 246 g/mol. The van der Waals surface area contributed by atoms with Crippen molar-refractivity contribution in [2.24, 2.45) is 5.92 Å². The third-order valence-electron chi connectivity index (χ3n) is 5.04. The van der Waals surface area contributed by atoms with E-state index in [2.05, 4.69) is 30.6 Å². The molecule has 0 radical (unpaired) electrons. The summed E-state index contributed by atoms with van der Waals surface area (Å²) in [4.78, 5) is 0. The van der Waals surface area contributed by atoms with E-state index in [9.17, 15) is 0 Å². The van der Waals surface area contributed by atoms with E-state index in [1.54, 1.807) is 0 Å². The van der Waals surface area contributed by atoms with E-state index in [-0.39, 0.29) is 0 Å². The average molecular weight is 273 g/mol. The van der Waals surface area contributed by atoms with E-state index < -0.39 is 0 Å². The van der Waals surface area contributed by atoms with Crippen molar-refractivity contribution in [3.8, 4) is 0 Å². The molecule has 1 aromatic carbocycles. The number of nitrogens with one attached hydrogen (secondary N) is 1. The minimum absolute atomic E-state index is 0.504. The highest BCUT2D eigenvalue weighted by atomic mass is 16.5. The zero-order valence-electron chi connectivity index (χ0n) is 12.7. The Morgan fingerprint density at radius 3 is 2.60 bits per heavy atom. The molecule has 0 saturated heterocycles. The van der Waals surface area contributed by atoms with Crippen LogP contribution >= 0.6 is 0 Å². The molecule has 1 unspecified atom stereocenters. The Balaban J connectivity index is 1.69. The Morgan fingerprint density at radius 1 is 1.10 bits per heavy atom. The zero-order chi connectivity index (χ0) is 13.8. The summed E-state index contributed by atoms with van der Waals surface area (Å²) >= 11 is 0. The fourth-order valence-corrected chi connectivity index (χ4v) is 3.76. The van der Waals surface area contributed by atoms with Gasteiger partial charge >= 0.3 is 0 Å². The summed E-state index contributed by atoms with van der Waals surface area (Å²) < 4.78 is 5.53. The first-order valence-electron chi connectivity index (χ1n) is 8.23. The number of hydrogen-bond acceptors (Lipinski definition) is 2. The number of rotatable bonds is 4. The minimum Gasteiger partial charge on any atom is -0.372 e. The number of ether oxygens (including phenoxy) is 1. The van der Waals surface area contributed by atoms with Gasteiger partial charge in [0.2, 0.25) is 0 Å². The smallest absolute Gasteiger partial charge is 0.0725 e. The minimum atomic E-state index is 0.504. The summed E-state index contributed by atoms with van der Waals surface area (Å²) in [6, 6.07) is 7.42. The van der Waals surface area contributed by atoms with Gasteiger partial charge in [0.1, 0.15) is 0 Å². The largest absolute Gasteiger partial charge is 0.372 e. The van der Waals surface area contributed by atoms with Crippen LogP contribution in [0.1, 0.15) is 67.7 Å². The summed E-state index contributed by atoms with van der Waals surface area (Å²) in [6.07, 6.45) is 9.88. The molecule has 1 fully saturated rings. The second-order valence-corrected chi connectivity index (χ2v) is 6.46. The summed E-state index contributed by atoms with van der Waals surface area (Å²) in [7, 11) is 2.10. The third kappa shape index (κ3) is 3.24. The molecule has 3 rings (SSSR count). The molecule has 0 aromatic heterocycles. The van der Waals surface area contributed by atoms with E-state index in [0.29, 0.717) is 6.04 Å². The number of fused-ring (bicyclic) bond motifs is 1. The number of benzene rings is 1. The number of hydrogen-bond donors (Lipinski definition) is 1. The van der Waals surface area contributed by atoms with Crippen LogP contribution in [0.2, 0.25) is 0 Å². The molecule has 1 aliphatic heterocycles. The predicted octanol–water partition coefficient (Wildman–Crippen LogP) is 4.34. The Bertz CT molecular complexity index is 435. The average Bonchev–Trinajstić information content (AvgIpc) is 2.79. The fourth-order valence-electron chi connectivity index (χ4n) is 3.76. The van der Waals surface area contributed by atoms with Crippen LogP contribution in [0.4, 0.5) is 0 Å². The Labute approximate surface area is 122 Å². The molecule has 20 heavy (non-hydrogen) atoms. The molecule has 1 atom stereocenters. The highest BCUT2D eigenvalue weighted by Gasteiger charge is 2.20. The SMILES string of the molecule is CNC(CC1CCCCCC1)c1ccc2c(c1)COC2. The van der Waals surface area contributed by atoms with Gasteiger partial charge in [-0.25, -0.2) is 0 Å². The molecule has 1 aliphatic carbocycles. The second kappa shape index (κ2) is 6.73. The van der Waals surface area contributed by atoms with Crippen LogP contribution in [0, 0.1) is 5.92 Å². The third-order valence-corrected chi connectivity index (χ3v) is 5.04. The molecule has 1 aromatic rings. The summed E-state index contributed by atoms with van der Waals surface area (Å²) in [5.74, 6) is 0.902. The lowest BCUT2D eigenvalue weighted by atomic mass is 9.89. The molecule has 2 heteroatoms. The quantitative estimate of drug-likeness (QED) is 0.824. The first kappa shape index (κ1) is 14.1. The van der Waals surface area contributed by atoms with Crippen molar-refractivity contribution in [1.82, 2.24) is 5.32 Å². The van der Waals surface area contributed by atoms with Gasteiger partial charge in [0, 0.05) is 6.04 Å². The van der Waals surface area contributed by atoms with Gasteiger partial charge in [-0.3, -0.25) is 0 Å². The van der Waals surface area contributed by atoms with Gasteiger partial charge in [-0.05, 0) is 36.1 Å². The van der Waals surface area contributed by atoms with Gasteiger partial charge in [-0.2, -0.15) is 0 Å². The molecule has 2 aliphatic rings. The topological polar surface area (TPSA) is 21.3 Å².